The first-order valence-electron chi connectivity index (χ1n) is 28.4. The minimum absolute atomic E-state index is 0.0812. The molecular formula is C68H91F6MoN2O2Si-. The molecule has 12 heteroatoms. The van der Waals surface area contributed by atoms with Gasteiger partial charge in [-0.05, 0) is 134 Å². The Labute approximate surface area is 486 Å². The molecule has 1 aromatic heterocycles. The summed E-state index contributed by atoms with van der Waals surface area (Å²) in [4.78, 5) is 4.11. The average molecular weight is 1210 g/mol. The van der Waals surface area contributed by atoms with Gasteiger partial charge in [0.25, 0.3) is 0 Å². The molecule has 80 heavy (non-hydrogen) atoms. The van der Waals surface area contributed by atoms with Crippen LogP contribution in [-0.2, 0) is 66.3 Å². The molecule has 0 radical (unpaired) electrons. The number of para-hydroxylation sites is 1. The number of hydrogen-bond donors (Lipinski definition) is 1. The molecule has 6 aromatic rings. The zero-order valence-corrected chi connectivity index (χ0v) is 54.2. The number of nitrogens with zero attached hydrogens (tertiary/aromatic N) is 2. The molecule has 1 heterocycles. The van der Waals surface area contributed by atoms with Gasteiger partial charge in [-0.2, -0.15) is 11.4 Å². The van der Waals surface area contributed by atoms with Crippen molar-refractivity contribution in [3.05, 3.63) is 177 Å². The van der Waals surface area contributed by atoms with Gasteiger partial charge < -0.3 is 14.5 Å². The van der Waals surface area contributed by atoms with Crippen molar-refractivity contribution in [2.45, 2.75) is 198 Å². The van der Waals surface area contributed by atoms with Gasteiger partial charge in [-0.3, -0.25) is 0 Å². The summed E-state index contributed by atoms with van der Waals surface area (Å²) in [5.74, 6) is -9.17. The van der Waals surface area contributed by atoms with Gasteiger partial charge in [-0.25, -0.2) is 4.39 Å². The second kappa shape index (κ2) is 31.5. The first-order chi connectivity index (χ1) is 37.5. The number of phenols is 1. The number of aromatic nitrogens is 1. The number of allylic oxidation sites excluding steroid dienone is 1. The Morgan fingerprint density at radius 2 is 1.05 bits per heavy atom. The van der Waals surface area contributed by atoms with Crippen LogP contribution in [0, 0.1) is 48.9 Å². The van der Waals surface area contributed by atoms with Crippen molar-refractivity contribution in [2.24, 2.45) is 9.41 Å². The summed E-state index contributed by atoms with van der Waals surface area (Å²) in [6, 6.07) is 29.0. The van der Waals surface area contributed by atoms with Gasteiger partial charge in [0.2, 0.25) is 0 Å². The first kappa shape index (κ1) is 69.3. The minimum Gasteiger partial charge on any atom is -0.665 e. The van der Waals surface area contributed by atoms with Gasteiger partial charge in [0.05, 0.1) is 11.9 Å². The van der Waals surface area contributed by atoms with E-state index in [2.05, 4.69) is 147 Å². The third-order valence-corrected chi connectivity index (χ3v) is 22.0. The molecule has 0 aliphatic heterocycles. The smallest absolute Gasteiger partial charge is 0.131 e. The molecule has 0 saturated carbocycles. The van der Waals surface area contributed by atoms with Crippen molar-refractivity contribution in [3.63, 3.8) is 0 Å². The number of aryl methyl sites for hydroxylation is 8. The molecule has 0 spiro atoms. The Hall–Kier alpha value is -4.96. The van der Waals surface area contributed by atoms with Crippen molar-refractivity contribution in [3.8, 4) is 28.0 Å². The predicted octanol–water partition coefficient (Wildman–Crippen LogP) is 20.5. The van der Waals surface area contributed by atoms with Gasteiger partial charge in [0, 0.05) is 11.1 Å². The fourth-order valence-corrected chi connectivity index (χ4v) is 12.8. The molecule has 0 fully saturated rings. The van der Waals surface area contributed by atoms with E-state index >= 15 is 0 Å². The summed E-state index contributed by atoms with van der Waals surface area (Å²) in [6.07, 6.45) is 11.3. The third-order valence-electron chi connectivity index (χ3n) is 14.9. The molecular weight excluding hydrogens is 1110 g/mol. The van der Waals surface area contributed by atoms with Crippen LogP contribution in [0.3, 0.4) is 0 Å². The van der Waals surface area contributed by atoms with Crippen LogP contribution in [0.5, 0.6) is 5.75 Å². The predicted molar refractivity (Wildman–Crippen MR) is 324 cm³/mol. The summed E-state index contributed by atoms with van der Waals surface area (Å²) < 4.78 is 90.2. The molecule has 0 amide bonds. The van der Waals surface area contributed by atoms with Crippen LogP contribution in [0.4, 0.5) is 32.0 Å². The number of phenolic OH excluding ortho intramolecular Hbond substituents is 1. The molecule has 438 valence electrons. The third kappa shape index (κ3) is 19.3. The maximum absolute atomic E-state index is 13.5. The van der Waals surface area contributed by atoms with E-state index in [1.165, 1.54) is 44.5 Å². The van der Waals surface area contributed by atoms with Crippen LogP contribution in [0.25, 0.3) is 22.3 Å². The molecule has 0 aliphatic carbocycles. The zero-order valence-electron chi connectivity index (χ0n) is 51.2. The number of hydrogen-bond acceptors (Lipinski definition) is 3. The Bertz CT molecular complexity index is 2860. The number of benzene rings is 5. The van der Waals surface area contributed by atoms with Gasteiger partial charge in [-0.15, -0.1) is 0 Å². The standard InChI is InChI=1S/C30H38O.C16H33FOSi.C10H12.C6F5N.C6H8N.Mo/c1-7-20-16-22(9-3)28(23(10-4)17-20)26-14-13-15-27(30(26)31)29-24(11-5)18-21(8-2)19-25(29)12-6;1-14(11-13-17)10-9-12-16(5,6)18-19(7,8)15(2,3)4;1-10(2,3)9-7-5-4-6-8-9;7-1-2(8)4(10)6(12)5(11)3(1)9;1-5-3-4-6(2)7-5;/h13-19,31H,7-12H2,1-6H3;11,13-14H,9-10,12H2,1-8H3;1,4-8H,2-3H3;;3-4H,1-2H3;/q;;;;-1;/b;13-11+;;;;. The molecule has 5 aromatic carbocycles. The van der Waals surface area contributed by atoms with Gasteiger partial charge in [-0.1, -0.05) is 150 Å². The van der Waals surface area contributed by atoms with E-state index in [4.69, 9.17) is 4.43 Å². The molecule has 4 nitrogen and oxygen atoms in total. The molecule has 0 saturated heterocycles. The van der Waals surface area contributed by atoms with E-state index in [0.717, 1.165) is 85.9 Å². The zero-order chi connectivity index (χ0) is 60.3. The maximum atomic E-state index is 13.5. The van der Waals surface area contributed by atoms with Gasteiger partial charge in [0.1, 0.15) is 5.75 Å². The van der Waals surface area contributed by atoms with Crippen molar-refractivity contribution in [2.75, 3.05) is 0 Å². The van der Waals surface area contributed by atoms with Crippen LogP contribution in [-0.4, -0.2) is 23.4 Å². The van der Waals surface area contributed by atoms with Crippen LogP contribution < -0.4 is 4.98 Å². The molecule has 0 aliphatic rings. The summed E-state index contributed by atoms with van der Waals surface area (Å²) in [5, 5.41) is 11.9. The average Bonchev–Trinajstić information content (AvgIpc) is 3.81. The number of rotatable bonds is 18. The van der Waals surface area contributed by atoms with Gasteiger partial charge in [0.15, 0.2) is 8.32 Å². The second-order valence-corrected chi connectivity index (χ2v) is 29.5. The maximum Gasteiger partial charge on any atom is 0.131 e. The topological polar surface area (TPSA) is 55.9 Å². The van der Waals surface area contributed by atoms with Crippen LogP contribution in [0.15, 0.2) is 101 Å². The van der Waals surface area contributed by atoms with Crippen LogP contribution in [0.1, 0.15) is 167 Å². The van der Waals surface area contributed by atoms with Crippen molar-refractivity contribution in [1.82, 2.24) is 4.98 Å². The van der Waals surface area contributed by atoms with Crippen molar-refractivity contribution < 1.29 is 53.8 Å². The van der Waals surface area contributed by atoms with E-state index in [1.807, 2.05) is 70.2 Å². The molecule has 6 rings (SSSR count). The fourth-order valence-electron chi connectivity index (χ4n) is 9.22. The van der Waals surface area contributed by atoms with E-state index in [9.17, 15) is 31.4 Å². The summed E-state index contributed by atoms with van der Waals surface area (Å²) in [5.41, 5.74) is 14.1. The van der Waals surface area contributed by atoms with Crippen molar-refractivity contribution in [1.29, 1.82) is 0 Å². The summed E-state index contributed by atoms with van der Waals surface area (Å²) in [6.45, 7) is 38.9. The Morgan fingerprint density at radius 3 is 1.41 bits per heavy atom. The van der Waals surface area contributed by atoms with E-state index in [1.54, 1.807) is 10.5 Å². The van der Waals surface area contributed by atoms with Crippen LogP contribution >= 0.6 is 0 Å². The number of halogens is 6. The minimum atomic E-state index is -2.17. The fraction of sp³-hybridized carbons (Fsp3) is 0.456. The largest absolute Gasteiger partial charge is 0.665 e. The molecule has 0 bridgehead atoms. The Morgan fingerprint density at radius 1 is 0.625 bits per heavy atom. The Kier molecular flexibility index (Phi) is 27.3. The Balaban J connectivity index is 0.000000305. The van der Waals surface area contributed by atoms with E-state index in [-0.39, 0.29) is 10.6 Å². The van der Waals surface area contributed by atoms with Gasteiger partial charge >= 0.3 is 138 Å². The molecule has 1 atom stereocenters. The quantitative estimate of drug-likeness (QED) is 0.0404. The second-order valence-electron chi connectivity index (χ2n) is 23.3. The molecule has 1 N–H and O–H groups in total. The van der Waals surface area contributed by atoms with Crippen molar-refractivity contribution >= 4 is 18.4 Å². The molecule has 1 unspecified atom stereocenters. The monoisotopic (exact) mass is 1210 g/mol. The normalized spacial score (nSPS) is 12.2. The van der Waals surface area contributed by atoms with Crippen LogP contribution in [0.2, 0.25) is 18.1 Å². The van der Waals surface area contributed by atoms with E-state index < -0.39 is 66.4 Å². The SMILES string of the molecule is CC(/C=C/F)CCCC(C)(C)O[Si](C)(C)C(C)(C)C.CC(C)([CH]=[Mo]=[N]c1c(F)c(F)c(F)c(F)c1F)c1ccccc1.CCc1cc(CC)c(-c2cccc(-c3c(CC)cc(CC)cc3CC)c2O)c(CC)c1.Cc1ccc(C)[n-]1. The summed E-state index contributed by atoms with van der Waals surface area (Å²) in [7, 11) is -1.71. The summed E-state index contributed by atoms with van der Waals surface area (Å²) >= 11 is -1.47. The van der Waals surface area contributed by atoms with E-state index in [0.29, 0.717) is 18.0 Å². The first-order valence-corrected chi connectivity index (χ1v) is 33.4. The number of aromatic hydroxyl groups is 1.